The molecule has 1 aromatic carbocycles. The van der Waals surface area contributed by atoms with E-state index >= 15 is 0 Å². The maximum absolute atomic E-state index is 13.0. The zero-order chi connectivity index (χ0) is 29.0. The molecule has 1 aliphatic rings. The van der Waals surface area contributed by atoms with Crippen LogP contribution in [0, 0.1) is 6.92 Å². The molecular formula is C30H38N8O3. The van der Waals surface area contributed by atoms with Gasteiger partial charge < -0.3 is 19.5 Å². The summed E-state index contributed by atoms with van der Waals surface area (Å²) in [6, 6.07) is 9.34. The number of aryl methyl sites for hydroxylation is 1. The average Bonchev–Trinajstić information content (AvgIpc) is 3.64. The van der Waals surface area contributed by atoms with Gasteiger partial charge in [0.2, 0.25) is 0 Å². The highest BCUT2D eigenvalue weighted by Crippen LogP contribution is 2.26. The third kappa shape index (κ3) is 6.80. The van der Waals surface area contributed by atoms with Crippen LogP contribution in [0.25, 0.3) is 16.9 Å². The molecule has 11 heteroatoms. The Kier molecular flexibility index (Phi) is 8.46. The molecule has 41 heavy (non-hydrogen) atoms. The predicted octanol–water partition coefficient (Wildman–Crippen LogP) is 4.33. The van der Waals surface area contributed by atoms with E-state index in [1.807, 2.05) is 46.2 Å². The second-order valence-corrected chi connectivity index (χ2v) is 11.4. The zero-order valence-corrected chi connectivity index (χ0v) is 24.4. The number of methoxy groups -OCH3 is 1. The van der Waals surface area contributed by atoms with Gasteiger partial charge >= 0.3 is 0 Å². The highest BCUT2D eigenvalue weighted by atomic mass is 16.5. The summed E-state index contributed by atoms with van der Waals surface area (Å²) in [6.45, 7) is 13.8. The van der Waals surface area contributed by atoms with Crippen LogP contribution in [0.2, 0.25) is 0 Å². The number of nitrogens with one attached hydrogen (secondary N) is 1. The van der Waals surface area contributed by atoms with Crippen LogP contribution >= 0.6 is 0 Å². The van der Waals surface area contributed by atoms with Gasteiger partial charge in [-0.15, -0.1) is 5.10 Å². The summed E-state index contributed by atoms with van der Waals surface area (Å²) in [7, 11) is 1.75. The van der Waals surface area contributed by atoms with Crippen molar-refractivity contribution in [3.8, 4) is 16.9 Å². The predicted molar refractivity (Wildman–Crippen MR) is 158 cm³/mol. The van der Waals surface area contributed by atoms with Crippen LogP contribution in [-0.4, -0.2) is 82.4 Å². The first-order chi connectivity index (χ1) is 19.7. The molecule has 0 saturated carbocycles. The first-order valence-electron chi connectivity index (χ1n) is 13.9. The second-order valence-electron chi connectivity index (χ2n) is 11.4. The first kappa shape index (κ1) is 28.4. The SMILES string of the molecule is COCCCN1CCN(c2cncc(-c3cn(-c4cc(C(=O)Nc5cc(C(C)(C)C)on5)ccc4C)nn3)c2)CC1. The van der Waals surface area contributed by atoms with Crippen molar-refractivity contribution < 1.29 is 14.1 Å². The van der Waals surface area contributed by atoms with Crippen molar-refractivity contribution in [3.05, 3.63) is 65.8 Å². The number of hydrogen-bond donors (Lipinski definition) is 1. The van der Waals surface area contributed by atoms with Crippen LogP contribution in [0.15, 0.2) is 53.4 Å². The lowest BCUT2D eigenvalue weighted by molar-refractivity contribution is 0.102. The summed E-state index contributed by atoms with van der Waals surface area (Å²) in [4.78, 5) is 22.3. The van der Waals surface area contributed by atoms with Gasteiger partial charge in [0, 0.05) is 75.2 Å². The Bertz CT molecular complexity index is 1480. The Morgan fingerprint density at radius 1 is 1.10 bits per heavy atom. The number of pyridine rings is 1. The Morgan fingerprint density at radius 2 is 1.90 bits per heavy atom. The summed E-state index contributed by atoms with van der Waals surface area (Å²) in [5.41, 5.74) is 4.68. The lowest BCUT2D eigenvalue weighted by Crippen LogP contribution is -2.46. The lowest BCUT2D eigenvalue weighted by Gasteiger charge is -2.36. The van der Waals surface area contributed by atoms with Crippen LogP contribution in [0.5, 0.6) is 0 Å². The molecule has 5 rings (SSSR count). The standard InChI is InChI=1S/C30H38N8O3/c1-21-7-8-22(29(39)32-28-17-27(41-34-28)30(2,3)4)16-26(21)38-20-25(33-35-38)23-15-24(19-31-18-23)37-12-10-36(11-13-37)9-6-14-40-5/h7-8,15-20H,6,9-14H2,1-5H3,(H,32,34,39). The van der Waals surface area contributed by atoms with Crippen LogP contribution in [0.3, 0.4) is 0 Å². The van der Waals surface area contributed by atoms with Crippen LogP contribution in [0.4, 0.5) is 11.5 Å². The number of amides is 1. The fourth-order valence-electron chi connectivity index (χ4n) is 4.79. The molecule has 3 aromatic heterocycles. The van der Waals surface area contributed by atoms with E-state index in [9.17, 15) is 4.79 Å². The normalized spacial score (nSPS) is 14.4. The summed E-state index contributed by atoms with van der Waals surface area (Å²) in [6.07, 6.45) is 6.63. The summed E-state index contributed by atoms with van der Waals surface area (Å²) >= 11 is 0. The van der Waals surface area contributed by atoms with E-state index in [1.54, 1.807) is 36.2 Å². The van der Waals surface area contributed by atoms with E-state index in [4.69, 9.17) is 9.26 Å². The molecule has 0 unspecified atom stereocenters. The molecule has 216 valence electrons. The van der Waals surface area contributed by atoms with Gasteiger partial charge in [0.1, 0.15) is 11.5 Å². The Labute approximate surface area is 240 Å². The van der Waals surface area contributed by atoms with Crippen molar-refractivity contribution in [2.45, 2.75) is 39.5 Å². The summed E-state index contributed by atoms with van der Waals surface area (Å²) in [5, 5.41) is 15.6. The molecule has 1 saturated heterocycles. The molecule has 4 aromatic rings. The molecule has 0 radical (unpaired) electrons. The number of piperazine rings is 1. The number of rotatable bonds is 9. The minimum absolute atomic E-state index is 0.202. The quantitative estimate of drug-likeness (QED) is 0.300. The van der Waals surface area contributed by atoms with E-state index < -0.39 is 0 Å². The van der Waals surface area contributed by atoms with Crippen LogP contribution in [0.1, 0.15) is 48.9 Å². The minimum atomic E-state index is -0.281. The number of hydrogen-bond acceptors (Lipinski definition) is 9. The summed E-state index contributed by atoms with van der Waals surface area (Å²) in [5.74, 6) is 0.798. The highest BCUT2D eigenvalue weighted by Gasteiger charge is 2.21. The molecule has 4 heterocycles. The molecule has 0 bridgehead atoms. The van der Waals surface area contributed by atoms with Crippen molar-refractivity contribution in [1.29, 1.82) is 0 Å². The van der Waals surface area contributed by atoms with E-state index in [-0.39, 0.29) is 11.3 Å². The number of anilines is 2. The number of benzene rings is 1. The van der Waals surface area contributed by atoms with Gasteiger partial charge in [0.25, 0.3) is 5.91 Å². The Balaban J connectivity index is 1.28. The first-order valence-corrected chi connectivity index (χ1v) is 13.9. The largest absolute Gasteiger partial charge is 0.385 e. The lowest BCUT2D eigenvalue weighted by atomic mass is 9.93. The van der Waals surface area contributed by atoms with E-state index in [1.165, 1.54) is 0 Å². The number of carbonyl (C=O) groups excluding carboxylic acids is 1. The molecule has 0 atom stereocenters. The van der Waals surface area contributed by atoms with E-state index in [0.29, 0.717) is 22.8 Å². The monoisotopic (exact) mass is 558 g/mol. The van der Waals surface area contributed by atoms with Gasteiger partial charge in [-0.1, -0.05) is 37.2 Å². The Hall–Kier alpha value is -4.09. The molecule has 1 aliphatic heterocycles. The number of ether oxygens (including phenoxy) is 1. The number of carbonyl (C=O) groups is 1. The van der Waals surface area contributed by atoms with Gasteiger partial charge in [0.05, 0.1) is 23.8 Å². The van der Waals surface area contributed by atoms with Gasteiger partial charge in [-0.3, -0.25) is 14.7 Å². The molecule has 0 spiro atoms. The number of aromatic nitrogens is 5. The fraction of sp³-hybridized carbons (Fsp3) is 0.433. The average molecular weight is 559 g/mol. The van der Waals surface area contributed by atoms with E-state index in [2.05, 4.69) is 41.6 Å². The van der Waals surface area contributed by atoms with Crippen LogP contribution < -0.4 is 10.2 Å². The van der Waals surface area contributed by atoms with Crippen molar-refractivity contribution in [2.24, 2.45) is 0 Å². The maximum Gasteiger partial charge on any atom is 0.256 e. The second kappa shape index (κ2) is 12.2. The number of nitrogens with zero attached hydrogens (tertiary/aromatic N) is 7. The highest BCUT2D eigenvalue weighted by molar-refractivity contribution is 6.04. The molecule has 11 nitrogen and oxygen atoms in total. The van der Waals surface area contributed by atoms with Gasteiger partial charge in [0.15, 0.2) is 5.82 Å². The maximum atomic E-state index is 13.0. The zero-order valence-electron chi connectivity index (χ0n) is 24.4. The fourth-order valence-corrected chi connectivity index (χ4v) is 4.79. The summed E-state index contributed by atoms with van der Waals surface area (Å²) < 4.78 is 12.3. The van der Waals surface area contributed by atoms with Crippen LogP contribution in [-0.2, 0) is 10.2 Å². The van der Waals surface area contributed by atoms with Gasteiger partial charge in [-0.05, 0) is 37.1 Å². The molecule has 0 aliphatic carbocycles. The van der Waals surface area contributed by atoms with Gasteiger partial charge in [-0.2, -0.15) is 0 Å². The molecule has 1 N–H and O–H groups in total. The third-order valence-electron chi connectivity index (χ3n) is 7.28. The van der Waals surface area contributed by atoms with Gasteiger partial charge in [-0.25, -0.2) is 4.68 Å². The molecular weight excluding hydrogens is 520 g/mol. The van der Waals surface area contributed by atoms with Crippen molar-refractivity contribution in [1.82, 2.24) is 30.0 Å². The minimum Gasteiger partial charge on any atom is -0.385 e. The Morgan fingerprint density at radius 3 is 2.63 bits per heavy atom. The topological polar surface area (TPSA) is 114 Å². The van der Waals surface area contributed by atoms with Crippen molar-refractivity contribution in [2.75, 3.05) is 56.7 Å². The third-order valence-corrected chi connectivity index (χ3v) is 7.28. The van der Waals surface area contributed by atoms with Crippen molar-refractivity contribution in [3.63, 3.8) is 0 Å². The van der Waals surface area contributed by atoms with E-state index in [0.717, 1.165) is 68.3 Å². The van der Waals surface area contributed by atoms with Crippen molar-refractivity contribution >= 4 is 17.4 Å². The molecule has 1 fully saturated rings. The smallest absolute Gasteiger partial charge is 0.256 e. The molecule has 1 amide bonds.